The standard InChI is InChI=1S/C7H5NO4S/c9-7(10)5-3-4(8(11)12)1-2-6(5)13/h1-3,13H,(H,9,10). The van der Waals surface area contributed by atoms with Crippen molar-refractivity contribution in [3.63, 3.8) is 0 Å². The van der Waals surface area contributed by atoms with Gasteiger partial charge in [-0.3, -0.25) is 10.1 Å². The van der Waals surface area contributed by atoms with E-state index in [4.69, 9.17) is 5.11 Å². The van der Waals surface area contributed by atoms with Gasteiger partial charge in [0.15, 0.2) is 0 Å². The summed E-state index contributed by atoms with van der Waals surface area (Å²) in [5.74, 6) is -1.23. The number of carboxylic acid groups (broad SMARTS) is 1. The average molecular weight is 199 g/mol. The Hall–Kier alpha value is -1.56. The van der Waals surface area contributed by atoms with Crippen molar-refractivity contribution in [3.8, 4) is 0 Å². The van der Waals surface area contributed by atoms with Crippen molar-refractivity contribution in [2.45, 2.75) is 4.90 Å². The maximum atomic E-state index is 10.5. The molecular weight excluding hydrogens is 194 g/mol. The Labute approximate surface area is 78.6 Å². The summed E-state index contributed by atoms with van der Waals surface area (Å²) < 4.78 is 0. The molecule has 68 valence electrons. The molecule has 0 amide bonds. The predicted octanol–water partition coefficient (Wildman–Crippen LogP) is 1.58. The Morgan fingerprint density at radius 1 is 1.54 bits per heavy atom. The zero-order chi connectivity index (χ0) is 10.0. The van der Waals surface area contributed by atoms with Crippen LogP contribution in [0.2, 0.25) is 0 Å². The largest absolute Gasteiger partial charge is 0.478 e. The number of carbonyl (C=O) groups is 1. The molecule has 1 aromatic carbocycles. The lowest BCUT2D eigenvalue weighted by Crippen LogP contribution is -1.99. The molecular formula is C7H5NO4S. The van der Waals surface area contributed by atoms with E-state index in [1.807, 2.05) is 0 Å². The maximum Gasteiger partial charge on any atom is 0.337 e. The SMILES string of the molecule is O=C(O)c1cc([N+](=O)[O-])ccc1S. The van der Waals surface area contributed by atoms with Crippen LogP contribution in [0.25, 0.3) is 0 Å². The molecule has 0 aliphatic carbocycles. The number of non-ortho nitro benzene ring substituents is 1. The molecule has 0 saturated heterocycles. The molecule has 0 unspecified atom stereocenters. The quantitative estimate of drug-likeness (QED) is 0.430. The number of hydrogen-bond donors (Lipinski definition) is 2. The van der Waals surface area contributed by atoms with Gasteiger partial charge in [0.25, 0.3) is 5.69 Å². The summed E-state index contributed by atoms with van der Waals surface area (Å²) >= 11 is 3.85. The highest BCUT2D eigenvalue weighted by Gasteiger charge is 2.13. The number of nitrogens with zero attached hydrogens (tertiary/aromatic N) is 1. The number of aromatic carboxylic acids is 1. The number of benzene rings is 1. The van der Waals surface area contributed by atoms with Crippen LogP contribution < -0.4 is 0 Å². The van der Waals surface area contributed by atoms with Crippen LogP contribution >= 0.6 is 12.6 Å². The highest BCUT2D eigenvalue weighted by molar-refractivity contribution is 7.80. The number of nitro benzene ring substituents is 1. The summed E-state index contributed by atoms with van der Waals surface area (Å²) in [6.45, 7) is 0. The molecule has 0 bridgehead atoms. The van der Waals surface area contributed by atoms with Crippen molar-refractivity contribution >= 4 is 24.3 Å². The third kappa shape index (κ3) is 1.97. The third-order valence-corrected chi connectivity index (χ3v) is 1.81. The van der Waals surface area contributed by atoms with Gasteiger partial charge in [-0.05, 0) is 6.07 Å². The molecule has 13 heavy (non-hydrogen) atoms. The maximum absolute atomic E-state index is 10.5. The Kier molecular flexibility index (Phi) is 2.52. The lowest BCUT2D eigenvalue weighted by atomic mass is 10.2. The summed E-state index contributed by atoms with van der Waals surface area (Å²) in [5, 5.41) is 18.9. The Balaban J connectivity index is 3.27. The zero-order valence-corrected chi connectivity index (χ0v) is 7.19. The summed E-state index contributed by atoms with van der Waals surface area (Å²) in [6, 6.07) is 3.46. The van der Waals surface area contributed by atoms with E-state index >= 15 is 0 Å². The lowest BCUT2D eigenvalue weighted by Gasteiger charge is -1.98. The Morgan fingerprint density at radius 3 is 2.62 bits per heavy atom. The fourth-order valence-electron chi connectivity index (χ4n) is 0.809. The molecule has 0 aliphatic rings. The number of rotatable bonds is 2. The number of carboxylic acids is 1. The van der Waals surface area contributed by atoms with Gasteiger partial charge in [0.1, 0.15) is 0 Å². The second-order valence-corrected chi connectivity index (χ2v) is 2.75. The van der Waals surface area contributed by atoms with E-state index in [0.717, 1.165) is 6.07 Å². The van der Waals surface area contributed by atoms with E-state index in [0.29, 0.717) is 0 Å². The molecule has 0 heterocycles. The average Bonchev–Trinajstić information content (AvgIpc) is 2.04. The van der Waals surface area contributed by atoms with Gasteiger partial charge in [0.05, 0.1) is 10.5 Å². The van der Waals surface area contributed by atoms with Gasteiger partial charge in [-0.25, -0.2) is 4.79 Å². The van der Waals surface area contributed by atoms with E-state index in [-0.39, 0.29) is 16.1 Å². The molecule has 0 fully saturated rings. The first-order valence-corrected chi connectivity index (χ1v) is 3.68. The van der Waals surface area contributed by atoms with Crippen molar-refractivity contribution < 1.29 is 14.8 Å². The number of thiol groups is 1. The first kappa shape index (κ1) is 9.53. The monoisotopic (exact) mass is 199 g/mol. The van der Waals surface area contributed by atoms with Crippen LogP contribution in [-0.2, 0) is 0 Å². The Bertz CT molecular complexity index is 377. The summed E-state index contributed by atoms with van der Waals surface area (Å²) in [6.07, 6.45) is 0. The normalized spacial score (nSPS) is 9.62. The lowest BCUT2D eigenvalue weighted by molar-refractivity contribution is -0.384. The van der Waals surface area contributed by atoms with Gasteiger partial charge < -0.3 is 5.11 Å². The van der Waals surface area contributed by atoms with Gasteiger partial charge >= 0.3 is 5.97 Å². The van der Waals surface area contributed by atoms with Crippen molar-refractivity contribution in [2.75, 3.05) is 0 Å². The first-order chi connectivity index (χ1) is 6.02. The smallest absolute Gasteiger partial charge is 0.337 e. The van der Waals surface area contributed by atoms with Gasteiger partial charge in [-0.2, -0.15) is 0 Å². The molecule has 6 heteroatoms. The van der Waals surface area contributed by atoms with Gasteiger partial charge in [0.2, 0.25) is 0 Å². The minimum atomic E-state index is -1.23. The fraction of sp³-hybridized carbons (Fsp3) is 0. The van der Waals surface area contributed by atoms with Crippen LogP contribution in [-0.4, -0.2) is 16.0 Å². The van der Waals surface area contributed by atoms with Crippen LogP contribution in [0.15, 0.2) is 23.1 Å². The highest BCUT2D eigenvalue weighted by Crippen LogP contribution is 2.20. The van der Waals surface area contributed by atoms with Gasteiger partial charge in [-0.15, -0.1) is 12.6 Å². The predicted molar refractivity (Wildman–Crippen MR) is 47.3 cm³/mol. The molecule has 0 radical (unpaired) electrons. The third-order valence-electron chi connectivity index (χ3n) is 1.42. The minimum Gasteiger partial charge on any atom is -0.478 e. The number of hydrogen-bond acceptors (Lipinski definition) is 4. The van der Waals surface area contributed by atoms with Crippen LogP contribution in [0.3, 0.4) is 0 Å². The second-order valence-electron chi connectivity index (χ2n) is 2.26. The topological polar surface area (TPSA) is 80.4 Å². The highest BCUT2D eigenvalue weighted by atomic mass is 32.1. The molecule has 0 spiro atoms. The van der Waals surface area contributed by atoms with E-state index in [1.165, 1.54) is 12.1 Å². The summed E-state index contributed by atoms with van der Waals surface area (Å²) in [5.41, 5.74) is -0.423. The molecule has 1 N–H and O–H groups in total. The Morgan fingerprint density at radius 2 is 2.15 bits per heavy atom. The number of nitro groups is 1. The van der Waals surface area contributed by atoms with E-state index < -0.39 is 10.9 Å². The second kappa shape index (κ2) is 3.44. The molecule has 0 atom stereocenters. The van der Waals surface area contributed by atoms with Crippen molar-refractivity contribution in [2.24, 2.45) is 0 Å². The van der Waals surface area contributed by atoms with E-state index in [2.05, 4.69) is 12.6 Å². The molecule has 0 aliphatic heterocycles. The van der Waals surface area contributed by atoms with E-state index in [1.54, 1.807) is 0 Å². The molecule has 1 aromatic rings. The zero-order valence-electron chi connectivity index (χ0n) is 6.30. The summed E-state index contributed by atoms with van der Waals surface area (Å²) in [4.78, 5) is 20.4. The first-order valence-electron chi connectivity index (χ1n) is 3.23. The van der Waals surface area contributed by atoms with Crippen LogP contribution in [0.4, 0.5) is 5.69 Å². The van der Waals surface area contributed by atoms with Crippen molar-refractivity contribution in [1.29, 1.82) is 0 Å². The van der Waals surface area contributed by atoms with Crippen molar-refractivity contribution in [1.82, 2.24) is 0 Å². The van der Waals surface area contributed by atoms with Crippen LogP contribution in [0, 0.1) is 10.1 Å². The molecule has 1 rings (SSSR count). The van der Waals surface area contributed by atoms with Gasteiger partial charge in [0, 0.05) is 17.0 Å². The molecule has 5 nitrogen and oxygen atoms in total. The van der Waals surface area contributed by atoms with Crippen LogP contribution in [0.1, 0.15) is 10.4 Å². The molecule has 0 aromatic heterocycles. The minimum absolute atomic E-state index is 0.169. The van der Waals surface area contributed by atoms with E-state index in [9.17, 15) is 14.9 Å². The van der Waals surface area contributed by atoms with Gasteiger partial charge in [-0.1, -0.05) is 0 Å². The summed E-state index contributed by atoms with van der Waals surface area (Å²) in [7, 11) is 0. The molecule has 0 saturated carbocycles. The van der Waals surface area contributed by atoms with Crippen LogP contribution in [0.5, 0.6) is 0 Å². The fourth-order valence-corrected chi connectivity index (χ4v) is 1.04. The van der Waals surface area contributed by atoms with Crippen molar-refractivity contribution in [3.05, 3.63) is 33.9 Å².